The molecule has 2 aliphatic rings. The summed E-state index contributed by atoms with van der Waals surface area (Å²) in [5.41, 5.74) is 7.12. The number of para-hydroxylation sites is 1. The van der Waals surface area contributed by atoms with E-state index in [1.54, 1.807) is 11.8 Å². The third-order valence-electron chi connectivity index (χ3n) is 7.77. The predicted molar refractivity (Wildman–Crippen MR) is 156 cm³/mol. The molecule has 10 nitrogen and oxygen atoms in total. The molecule has 11 heteroatoms. The Labute approximate surface area is 237 Å². The zero-order valence-corrected chi connectivity index (χ0v) is 24.1. The van der Waals surface area contributed by atoms with E-state index in [2.05, 4.69) is 30.7 Å². The van der Waals surface area contributed by atoms with Crippen molar-refractivity contribution in [3.63, 3.8) is 0 Å². The number of hydrogen-bond acceptors (Lipinski definition) is 9. The highest BCUT2D eigenvalue weighted by Gasteiger charge is 2.50. The number of benzene rings is 1. The lowest BCUT2D eigenvalue weighted by atomic mass is 9.73. The van der Waals surface area contributed by atoms with Crippen LogP contribution in [0.2, 0.25) is 0 Å². The topological polar surface area (TPSA) is 120 Å². The summed E-state index contributed by atoms with van der Waals surface area (Å²) < 4.78 is 13.7. The average molecular weight is 562 g/mol. The molecular weight excluding hydrogens is 526 g/mol. The first kappa shape index (κ1) is 26.6. The summed E-state index contributed by atoms with van der Waals surface area (Å²) in [6.45, 7) is 9.85. The number of nitrogens with two attached hydrogens (primary N) is 1. The maximum absolute atomic E-state index is 12.6. The van der Waals surface area contributed by atoms with Gasteiger partial charge in [0.1, 0.15) is 11.4 Å². The van der Waals surface area contributed by atoms with Gasteiger partial charge in [0.2, 0.25) is 5.95 Å². The zero-order valence-electron chi connectivity index (χ0n) is 23.3. The van der Waals surface area contributed by atoms with E-state index in [1.165, 1.54) is 0 Å². The minimum absolute atomic E-state index is 0.0767. The van der Waals surface area contributed by atoms with Crippen molar-refractivity contribution < 1.29 is 14.3 Å². The van der Waals surface area contributed by atoms with Crippen molar-refractivity contribution in [2.24, 2.45) is 5.41 Å². The van der Waals surface area contributed by atoms with E-state index < -0.39 is 11.7 Å². The van der Waals surface area contributed by atoms with Gasteiger partial charge in [-0.3, -0.25) is 4.40 Å². The van der Waals surface area contributed by atoms with E-state index in [9.17, 15) is 4.79 Å². The molecule has 2 fully saturated rings. The molecule has 2 aliphatic heterocycles. The van der Waals surface area contributed by atoms with Crippen LogP contribution in [0.25, 0.3) is 16.6 Å². The van der Waals surface area contributed by atoms with Gasteiger partial charge in [-0.2, -0.15) is 0 Å². The molecule has 5 heterocycles. The molecule has 2 atom stereocenters. The summed E-state index contributed by atoms with van der Waals surface area (Å²) in [4.78, 5) is 30.9. The van der Waals surface area contributed by atoms with Crippen LogP contribution in [0.15, 0.2) is 58.7 Å². The van der Waals surface area contributed by atoms with Gasteiger partial charge in [-0.25, -0.2) is 19.7 Å². The number of nitrogens with zero attached hydrogens (tertiary/aromatic N) is 5. The first-order valence-corrected chi connectivity index (χ1v) is 14.4. The van der Waals surface area contributed by atoms with Crippen molar-refractivity contribution in [3.8, 4) is 0 Å². The molecule has 4 aromatic rings. The Morgan fingerprint density at radius 3 is 2.75 bits per heavy atom. The second-order valence-electron chi connectivity index (χ2n) is 11.7. The highest BCUT2D eigenvalue weighted by atomic mass is 32.2. The van der Waals surface area contributed by atoms with Gasteiger partial charge in [0.25, 0.3) is 0 Å². The lowest BCUT2D eigenvalue weighted by Gasteiger charge is -2.43. The molecule has 40 heavy (non-hydrogen) atoms. The molecule has 0 bridgehead atoms. The number of amides is 1. The number of anilines is 2. The fourth-order valence-electron chi connectivity index (χ4n) is 5.85. The Bertz CT molecular complexity index is 1560. The summed E-state index contributed by atoms with van der Waals surface area (Å²) in [5.74, 6) is 1.34. The number of fused-ring (bicyclic) bond motifs is 2. The molecule has 0 aliphatic carbocycles. The maximum atomic E-state index is 12.6. The third kappa shape index (κ3) is 5.03. The lowest BCUT2D eigenvalue weighted by Crippen LogP contribution is -2.55. The van der Waals surface area contributed by atoms with E-state index in [0.29, 0.717) is 12.4 Å². The van der Waals surface area contributed by atoms with Gasteiger partial charge in [0.05, 0.1) is 29.2 Å². The van der Waals surface area contributed by atoms with Crippen LogP contribution in [0.4, 0.5) is 16.6 Å². The summed E-state index contributed by atoms with van der Waals surface area (Å²) in [6, 6.07) is 9.78. The fourth-order valence-corrected chi connectivity index (χ4v) is 6.90. The van der Waals surface area contributed by atoms with Crippen LogP contribution in [-0.4, -0.2) is 62.9 Å². The molecule has 0 unspecified atom stereocenters. The number of hydrogen-bond donors (Lipinski definition) is 2. The van der Waals surface area contributed by atoms with Crippen LogP contribution in [-0.2, 0) is 9.47 Å². The molecule has 3 aromatic heterocycles. The minimum Gasteiger partial charge on any atom is -0.444 e. The smallest absolute Gasteiger partial charge is 0.407 e. The van der Waals surface area contributed by atoms with Gasteiger partial charge in [0, 0.05) is 47.4 Å². The largest absolute Gasteiger partial charge is 0.444 e. The Kier molecular flexibility index (Phi) is 6.74. The van der Waals surface area contributed by atoms with Gasteiger partial charge >= 0.3 is 6.09 Å². The van der Waals surface area contributed by atoms with Crippen molar-refractivity contribution in [2.45, 2.75) is 68.1 Å². The number of pyridine rings is 1. The molecule has 210 valence electrons. The Balaban J connectivity index is 1.21. The summed E-state index contributed by atoms with van der Waals surface area (Å²) in [7, 11) is 0. The van der Waals surface area contributed by atoms with Gasteiger partial charge in [-0.1, -0.05) is 30.0 Å². The maximum Gasteiger partial charge on any atom is 0.407 e. The van der Waals surface area contributed by atoms with Crippen molar-refractivity contribution >= 4 is 46.2 Å². The standard InChI is InChI=1S/C29H35N7O3S/c1-18-24(34-27(37)39-28(2,3)4)29(17-38-18)9-12-35(13-10-29)26-32-16-22(25-31-11-14-36(25)26)40-21-15-23(30)33-20-8-6-5-7-19(20)21/h5-8,11,14-16,18,24H,9-10,12-13,17H2,1-4H3,(H2,30,33)(H,34,37)/t18-,24+/m0/s1. The fraction of sp³-hybridized carbons (Fsp3) is 0.448. The molecule has 6 rings (SSSR count). The van der Waals surface area contributed by atoms with Crippen LogP contribution in [0.3, 0.4) is 0 Å². The number of carbonyl (C=O) groups is 1. The summed E-state index contributed by atoms with van der Waals surface area (Å²) in [5, 5.41) is 4.16. The van der Waals surface area contributed by atoms with Crippen LogP contribution in [0, 0.1) is 5.41 Å². The number of imidazole rings is 1. The number of nitrogens with one attached hydrogen (secondary N) is 1. The van der Waals surface area contributed by atoms with Crippen molar-refractivity contribution in [3.05, 3.63) is 48.9 Å². The van der Waals surface area contributed by atoms with Gasteiger partial charge < -0.3 is 25.4 Å². The molecular formula is C29H35N7O3S. The third-order valence-corrected chi connectivity index (χ3v) is 8.83. The van der Waals surface area contributed by atoms with Gasteiger partial charge in [-0.05, 0) is 52.7 Å². The molecule has 2 saturated heterocycles. The summed E-state index contributed by atoms with van der Waals surface area (Å²) >= 11 is 1.59. The normalized spacial score (nSPS) is 20.9. The first-order valence-electron chi connectivity index (χ1n) is 13.6. The SMILES string of the molecule is C[C@@H]1OCC2(CCN(c3ncc(Sc4cc(N)nc5ccccc45)c4nccn34)CC2)[C@@H]1NC(=O)OC(C)(C)C. The quantitative estimate of drug-likeness (QED) is 0.358. The molecule has 3 N–H and O–H groups in total. The molecule has 0 radical (unpaired) electrons. The van der Waals surface area contributed by atoms with Crippen molar-refractivity contribution in [2.75, 3.05) is 30.3 Å². The van der Waals surface area contributed by atoms with Crippen LogP contribution < -0.4 is 16.0 Å². The van der Waals surface area contributed by atoms with E-state index >= 15 is 0 Å². The average Bonchev–Trinajstić information content (AvgIpc) is 3.50. The molecule has 1 amide bonds. The Morgan fingerprint density at radius 1 is 1.20 bits per heavy atom. The van der Waals surface area contributed by atoms with Crippen LogP contribution in [0.1, 0.15) is 40.5 Å². The highest BCUT2D eigenvalue weighted by molar-refractivity contribution is 7.99. The second-order valence-corrected chi connectivity index (χ2v) is 12.8. The van der Waals surface area contributed by atoms with Crippen molar-refractivity contribution in [1.29, 1.82) is 0 Å². The molecule has 0 saturated carbocycles. The predicted octanol–water partition coefficient (Wildman–Crippen LogP) is 4.91. The monoisotopic (exact) mass is 561 g/mol. The Hall–Kier alpha value is -3.57. The van der Waals surface area contributed by atoms with Crippen LogP contribution >= 0.6 is 11.8 Å². The summed E-state index contributed by atoms with van der Waals surface area (Å²) in [6.07, 6.45) is 6.93. The first-order chi connectivity index (χ1) is 19.1. The molecule has 1 spiro atoms. The van der Waals surface area contributed by atoms with Crippen LogP contribution in [0.5, 0.6) is 0 Å². The van der Waals surface area contributed by atoms with E-state index in [-0.39, 0.29) is 17.6 Å². The van der Waals surface area contributed by atoms with Gasteiger partial charge in [-0.15, -0.1) is 0 Å². The number of rotatable bonds is 4. The number of ether oxygens (including phenoxy) is 2. The number of nitrogen functional groups attached to an aromatic ring is 1. The second kappa shape index (κ2) is 10.1. The number of aromatic nitrogens is 4. The number of alkyl carbamates (subject to hydrolysis) is 1. The lowest BCUT2D eigenvalue weighted by molar-refractivity contribution is 0.0434. The van der Waals surface area contributed by atoms with E-state index in [0.717, 1.165) is 58.2 Å². The van der Waals surface area contributed by atoms with Gasteiger partial charge in [0.15, 0.2) is 5.65 Å². The minimum atomic E-state index is -0.549. The van der Waals surface area contributed by atoms with Crippen molar-refractivity contribution in [1.82, 2.24) is 24.7 Å². The van der Waals surface area contributed by atoms with E-state index in [1.807, 2.05) is 70.6 Å². The van der Waals surface area contributed by atoms with E-state index in [4.69, 9.17) is 20.2 Å². The molecule has 1 aromatic carbocycles. The number of carbonyl (C=O) groups excluding carboxylic acids is 1. The highest BCUT2D eigenvalue weighted by Crippen LogP contribution is 2.43. The number of piperidine rings is 1. The Morgan fingerprint density at radius 2 is 1.98 bits per heavy atom. The zero-order chi connectivity index (χ0) is 28.1.